The number of carboxylic acids is 3. The number of aromatic carboxylic acids is 3. The van der Waals surface area contributed by atoms with E-state index < -0.39 is 34.7 Å². The zero-order valence-electron chi connectivity index (χ0n) is 13.5. The second-order valence-electron chi connectivity index (χ2n) is 5.28. The highest BCUT2D eigenvalue weighted by atomic mass is 16.4. The standard InChI is InChI=1S/C18H11N3O6/c22-16(23)12-11(9-5-1-3-7-19-9)14(10-6-2-4-8-20-10)21-15(18(26)27)13(12)17(24)25/h1-8H,(H,22,23)(H,24,25)(H,26,27). The first kappa shape index (κ1) is 17.7. The molecular formula is C18H11N3O6. The molecule has 0 aliphatic carbocycles. The van der Waals surface area contributed by atoms with Crippen LogP contribution in [-0.4, -0.2) is 48.2 Å². The molecule has 0 bridgehead atoms. The molecule has 0 atom stereocenters. The summed E-state index contributed by atoms with van der Waals surface area (Å²) in [5.41, 5.74) is -2.43. The summed E-state index contributed by atoms with van der Waals surface area (Å²) >= 11 is 0. The summed E-state index contributed by atoms with van der Waals surface area (Å²) in [5, 5.41) is 28.6. The fourth-order valence-corrected chi connectivity index (χ4v) is 2.61. The third kappa shape index (κ3) is 3.21. The lowest BCUT2D eigenvalue weighted by Crippen LogP contribution is -2.19. The Morgan fingerprint density at radius 1 is 0.704 bits per heavy atom. The van der Waals surface area contributed by atoms with E-state index in [0.717, 1.165) is 0 Å². The predicted molar refractivity (Wildman–Crippen MR) is 91.6 cm³/mol. The van der Waals surface area contributed by atoms with Crippen molar-refractivity contribution in [3.05, 3.63) is 65.6 Å². The Morgan fingerprint density at radius 3 is 1.70 bits per heavy atom. The van der Waals surface area contributed by atoms with Gasteiger partial charge >= 0.3 is 17.9 Å². The van der Waals surface area contributed by atoms with E-state index in [-0.39, 0.29) is 22.6 Å². The normalized spacial score (nSPS) is 10.4. The Morgan fingerprint density at radius 2 is 1.26 bits per heavy atom. The van der Waals surface area contributed by atoms with Crippen molar-refractivity contribution in [2.24, 2.45) is 0 Å². The maximum absolute atomic E-state index is 11.9. The van der Waals surface area contributed by atoms with Crippen molar-refractivity contribution < 1.29 is 29.7 Å². The van der Waals surface area contributed by atoms with Crippen molar-refractivity contribution in [2.75, 3.05) is 0 Å². The molecule has 3 aromatic rings. The van der Waals surface area contributed by atoms with Gasteiger partial charge in [-0.3, -0.25) is 9.97 Å². The first-order chi connectivity index (χ1) is 12.9. The molecule has 0 amide bonds. The molecule has 0 spiro atoms. The molecule has 0 unspecified atom stereocenters. The number of hydrogen-bond donors (Lipinski definition) is 3. The number of rotatable bonds is 5. The van der Waals surface area contributed by atoms with E-state index in [4.69, 9.17) is 0 Å². The average Bonchev–Trinajstić information content (AvgIpc) is 2.67. The van der Waals surface area contributed by atoms with Gasteiger partial charge in [0.05, 0.1) is 22.6 Å². The van der Waals surface area contributed by atoms with Gasteiger partial charge in [-0.2, -0.15) is 0 Å². The van der Waals surface area contributed by atoms with Gasteiger partial charge in [-0.15, -0.1) is 0 Å². The Bertz CT molecular complexity index is 1050. The van der Waals surface area contributed by atoms with Crippen molar-refractivity contribution in [3.8, 4) is 22.6 Å². The highest BCUT2D eigenvalue weighted by Gasteiger charge is 2.32. The third-order valence-electron chi connectivity index (χ3n) is 3.66. The van der Waals surface area contributed by atoms with Gasteiger partial charge in [-0.05, 0) is 24.3 Å². The lowest BCUT2D eigenvalue weighted by Gasteiger charge is -2.15. The van der Waals surface area contributed by atoms with Crippen LogP contribution in [0.15, 0.2) is 48.8 Å². The minimum atomic E-state index is -1.72. The maximum atomic E-state index is 11.9. The predicted octanol–water partition coefficient (Wildman–Crippen LogP) is 2.30. The Balaban J connectivity index is 2.55. The van der Waals surface area contributed by atoms with E-state index >= 15 is 0 Å². The van der Waals surface area contributed by atoms with Gasteiger partial charge in [0, 0.05) is 18.0 Å². The Labute approximate surface area is 151 Å². The van der Waals surface area contributed by atoms with Crippen LogP contribution >= 0.6 is 0 Å². The summed E-state index contributed by atoms with van der Waals surface area (Å²) in [6.07, 6.45) is 2.82. The summed E-state index contributed by atoms with van der Waals surface area (Å²) in [5.74, 6) is -5.00. The Hall–Kier alpha value is -4.14. The van der Waals surface area contributed by atoms with Crippen molar-refractivity contribution in [1.82, 2.24) is 15.0 Å². The minimum Gasteiger partial charge on any atom is -0.478 e. The molecule has 9 heteroatoms. The van der Waals surface area contributed by atoms with Gasteiger partial charge in [0.2, 0.25) is 0 Å². The molecule has 3 N–H and O–H groups in total. The van der Waals surface area contributed by atoms with Crippen LogP contribution in [0, 0.1) is 0 Å². The number of aromatic nitrogens is 3. The highest BCUT2D eigenvalue weighted by molar-refractivity contribution is 6.13. The average molecular weight is 365 g/mol. The summed E-state index contributed by atoms with van der Waals surface area (Å²) in [6, 6.07) is 9.39. The van der Waals surface area contributed by atoms with Crippen molar-refractivity contribution in [3.63, 3.8) is 0 Å². The lowest BCUT2D eigenvalue weighted by atomic mass is 9.94. The van der Waals surface area contributed by atoms with Gasteiger partial charge in [0.1, 0.15) is 5.56 Å². The van der Waals surface area contributed by atoms with Gasteiger partial charge in [0.15, 0.2) is 5.69 Å². The maximum Gasteiger partial charge on any atom is 0.355 e. The van der Waals surface area contributed by atoms with Crippen LogP contribution in [0.25, 0.3) is 22.6 Å². The van der Waals surface area contributed by atoms with E-state index in [1.165, 1.54) is 24.5 Å². The highest BCUT2D eigenvalue weighted by Crippen LogP contribution is 2.35. The first-order valence-electron chi connectivity index (χ1n) is 7.52. The van der Waals surface area contributed by atoms with Crippen molar-refractivity contribution in [1.29, 1.82) is 0 Å². The molecule has 134 valence electrons. The fourth-order valence-electron chi connectivity index (χ4n) is 2.61. The molecule has 3 aromatic heterocycles. The van der Waals surface area contributed by atoms with Gasteiger partial charge in [-0.1, -0.05) is 12.1 Å². The number of carbonyl (C=O) groups is 3. The molecule has 0 aliphatic rings. The van der Waals surface area contributed by atoms with Gasteiger partial charge in [0.25, 0.3) is 0 Å². The van der Waals surface area contributed by atoms with Crippen LogP contribution in [0.5, 0.6) is 0 Å². The van der Waals surface area contributed by atoms with Gasteiger partial charge in [-0.25, -0.2) is 19.4 Å². The van der Waals surface area contributed by atoms with Crippen LogP contribution in [0.1, 0.15) is 31.2 Å². The van der Waals surface area contributed by atoms with E-state index in [1.54, 1.807) is 24.3 Å². The minimum absolute atomic E-state index is 0.0888. The zero-order valence-corrected chi connectivity index (χ0v) is 13.5. The first-order valence-corrected chi connectivity index (χ1v) is 7.52. The topological polar surface area (TPSA) is 151 Å². The Kier molecular flexibility index (Phi) is 4.58. The van der Waals surface area contributed by atoms with Crippen molar-refractivity contribution >= 4 is 17.9 Å². The number of hydrogen-bond acceptors (Lipinski definition) is 6. The summed E-state index contributed by atoms with van der Waals surface area (Å²) in [6.45, 7) is 0. The fraction of sp³-hybridized carbons (Fsp3) is 0. The third-order valence-corrected chi connectivity index (χ3v) is 3.66. The molecule has 0 radical (unpaired) electrons. The van der Waals surface area contributed by atoms with Crippen LogP contribution < -0.4 is 0 Å². The number of pyridine rings is 3. The number of carboxylic acid groups (broad SMARTS) is 3. The van der Waals surface area contributed by atoms with Crippen LogP contribution in [0.3, 0.4) is 0 Å². The van der Waals surface area contributed by atoms with Crippen molar-refractivity contribution in [2.45, 2.75) is 0 Å². The van der Waals surface area contributed by atoms with E-state index in [0.29, 0.717) is 0 Å². The molecule has 0 fully saturated rings. The van der Waals surface area contributed by atoms with Crippen LogP contribution in [0.4, 0.5) is 0 Å². The molecule has 3 heterocycles. The zero-order chi connectivity index (χ0) is 19.6. The smallest absolute Gasteiger partial charge is 0.355 e. The largest absolute Gasteiger partial charge is 0.478 e. The molecule has 0 saturated heterocycles. The van der Waals surface area contributed by atoms with Crippen LogP contribution in [0.2, 0.25) is 0 Å². The monoisotopic (exact) mass is 365 g/mol. The molecule has 0 aliphatic heterocycles. The van der Waals surface area contributed by atoms with E-state index in [9.17, 15) is 29.7 Å². The van der Waals surface area contributed by atoms with Crippen LogP contribution in [-0.2, 0) is 0 Å². The molecule has 0 aromatic carbocycles. The van der Waals surface area contributed by atoms with E-state index in [2.05, 4.69) is 15.0 Å². The molecule has 27 heavy (non-hydrogen) atoms. The lowest BCUT2D eigenvalue weighted by molar-refractivity contribution is 0.0630. The SMILES string of the molecule is O=C(O)c1nc(-c2ccccn2)c(-c2ccccn2)c(C(=O)O)c1C(=O)O. The number of nitrogens with zero attached hydrogens (tertiary/aromatic N) is 3. The second kappa shape index (κ2) is 7.00. The molecule has 9 nitrogen and oxygen atoms in total. The second-order valence-corrected chi connectivity index (χ2v) is 5.28. The van der Waals surface area contributed by atoms with Gasteiger partial charge < -0.3 is 15.3 Å². The van der Waals surface area contributed by atoms with E-state index in [1.807, 2.05) is 0 Å². The molecule has 3 rings (SSSR count). The quantitative estimate of drug-likeness (QED) is 0.618. The summed E-state index contributed by atoms with van der Waals surface area (Å²) in [7, 11) is 0. The molecule has 0 saturated carbocycles. The summed E-state index contributed by atoms with van der Waals surface area (Å²) < 4.78 is 0. The summed E-state index contributed by atoms with van der Waals surface area (Å²) in [4.78, 5) is 47.3. The molecular weight excluding hydrogens is 354 g/mol.